The van der Waals surface area contributed by atoms with Gasteiger partial charge in [0.1, 0.15) is 0 Å². The van der Waals surface area contributed by atoms with Gasteiger partial charge in [-0.25, -0.2) is 0 Å². The fraction of sp³-hybridized carbons (Fsp3) is 0.714. The summed E-state index contributed by atoms with van der Waals surface area (Å²) in [6.07, 6.45) is 0. The number of hydrogen-bond acceptors (Lipinski definition) is 4. The van der Waals surface area contributed by atoms with Crippen molar-refractivity contribution < 1.29 is 51.7 Å². The van der Waals surface area contributed by atoms with Crippen molar-refractivity contribution in [2.75, 3.05) is 32.6 Å². The molecule has 0 aliphatic rings. The van der Waals surface area contributed by atoms with Crippen molar-refractivity contribution in [3.05, 3.63) is 0 Å². The Kier molecular flexibility index (Phi) is 27.5. The molecule has 0 unspecified atom stereocenters. The van der Waals surface area contributed by atoms with E-state index in [2.05, 4.69) is 51.9 Å². The standard InChI is InChI=1S/C5H14P2.C2H2O2S2.2Pt/c1-6(2)5-7(3)4;3-1(5)2(4)6;;/h5H2,1-4H3;(H,3,5)(H,4,6);;. The third kappa shape index (κ3) is 31.4. The predicted molar refractivity (Wildman–Crippen MR) is 69.9 cm³/mol. The van der Waals surface area contributed by atoms with Gasteiger partial charge in [0.25, 0.3) is 0 Å². The minimum absolute atomic E-state index is 0. The molecule has 0 bridgehead atoms. The van der Waals surface area contributed by atoms with E-state index in [0.29, 0.717) is 0 Å². The summed E-state index contributed by atoms with van der Waals surface area (Å²) in [5.74, 6) is 1.56. The predicted octanol–water partition coefficient (Wildman–Crippen LogP) is 1.02. The van der Waals surface area contributed by atoms with E-state index in [4.69, 9.17) is 0 Å². The molecule has 0 atom stereocenters. The second kappa shape index (κ2) is 16.0. The zero-order valence-electron chi connectivity index (χ0n) is 8.97. The van der Waals surface area contributed by atoms with Crippen LogP contribution in [0.5, 0.6) is 0 Å². The molecule has 8 heteroatoms. The van der Waals surface area contributed by atoms with Gasteiger partial charge >= 0.3 is 0 Å². The van der Waals surface area contributed by atoms with E-state index in [1.165, 1.54) is 0 Å². The normalized spacial score (nSPS) is 8.13. The second-order valence-electron chi connectivity index (χ2n) is 3.17. The van der Waals surface area contributed by atoms with Crippen LogP contribution in [0.3, 0.4) is 0 Å². The van der Waals surface area contributed by atoms with Crippen molar-refractivity contribution in [3.8, 4) is 0 Å². The average Bonchev–Trinajstić information content (AvgIpc) is 1.84. The van der Waals surface area contributed by atoms with Crippen LogP contribution in [0.15, 0.2) is 0 Å². The quantitative estimate of drug-likeness (QED) is 0.260. The zero-order valence-corrected chi connectivity index (χ0v) is 17.1. The molecule has 0 saturated carbocycles. The summed E-state index contributed by atoms with van der Waals surface area (Å²) in [5.41, 5.74) is 0. The van der Waals surface area contributed by atoms with E-state index in [9.17, 15) is 9.59 Å². The molecule has 0 amide bonds. The molecule has 0 radical (unpaired) electrons. The van der Waals surface area contributed by atoms with Crippen molar-refractivity contribution in [2.24, 2.45) is 0 Å². The summed E-state index contributed by atoms with van der Waals surface area (Å²) in [7, 11) is 0.222. The summed E-state index contributed by atoms with van der Waals surface area (Å²) in [6.45, 7) is 9.56. The van der Waals surface area contributed by atoms with Crippen molar-refractivity contribution in [1.29, 1.82) is 0 Å². The molecule has 0 rings (SSSR count). The first kappa shape index (κ1) is 25.8. The Bertz CT molecular complexity index is 162. The maximum absolute atomic E-state index is 9.50. The maximum Gasteiger partial charge on any atom is 0.154 e. The van der Waals surface area contributed by atoms with Gasteiger partial charge < -0.3 is 34.8 Å². The number of hydrogen-bond donors (Lipinski definition) is 0. The van der Waals surface area contributed by atoms with Crippen molar-refractivity contribution in [1.82, 2.24) is 0 Å². The van der Waals surface area contributed by atoms with Gasteiger partial charge in [0.05, 0.1) is 10.2 Å². The van der Waals surface area contributed by atoms with Gasteiger partial charge in [-0.05, 0) is 0 Å². The van der Waals surface area contributed by atoms with Gasteiger partial charge in [-0.2, -0.15) is 0 Å². The molecule has 15 heavy (non-hydrogen) atoms. The molecule has 0 aliphatic carbocycles. The van der Waals surface area contributed by atoms with E-state index in [1.54, 1.807) is 5.90 Å². The Balaban J connectivity index is -0.0000000718. The zero-order chi connectivity index (χ0) is 11.0. The summed E-state index contributed by atoms with van der Waals surface area (Å²) < 4.78 is 0. The Hall–Kier alpha value is 2.02. The number of rotatable bonds is 3. The molecular formula is C7H16O2P2Pt2S2. The number of carbonyl (C=O) groups is 2. The monoisotopic (exact) mass is 648 g/mol. The maximum atomic E-state index is 9.50. The molecule has 2 nitrogen and oxygen atoms in total. The molecule has 0 aromatic rings. The Labute approximate surface area is 134 Å². The van der Waals surface area contributed by atoms with Gasteiger partial charge in [-0.15, -0.1) is 0 Å². The summed E-state index contributed by atoms with van der Waals surface area (Å²) in [4.78, 5) is 19.0. The van der Waals surface area contributed by atoms with Crippen LogP contribution in [0, 0.1) is 0 Å². The van der Waals surface area contributed by atoms with Gasteiger partial charge in [-0.1, -0.05) is 0 Å². The first-order valence-corrected chi connectivity index (χ1v) is 10.0. The van der Waals surface area contributed by atoms with Crippen molar-refractivity contribution in [3.63, 3.8) is 0 Å². The second-order valence-corrected chi connectivity index (χ2v) is 10.2. The molecule has 0 fully saturated rings. The molecule has 0 aliphatic heterocycles. The van der Waals surface area contributed by atoms with Crippen LogP contribution in [-0.2, 0) is 77.0 Å². The first-order chi connectivity index (χ1) is 5.77. The summed E-state index contributed by atoms with van der Waals surface area (Å²) in [6, 6.07) is 0. The minimum atomic E-state index is -0.981. The fourth-order valence-electron chi connectivity index (χ4n) is 0.707. The average molecular weight is 648 g/mol. The van der Waals surface area contributed by atoms with Gasteiger partial charge in [0.15, 0.2) is 5.90 Å². The third-order valence-corrected chi connectivity index (χ3v) is 7.03. The minimum Gasteiger partial charge on any atom is -0.736 e. The molecule has 0 heterocycles. The molecule has 0 spiro atoms. The molecule has 98 valence electrons. The Morgan fingerprint density at radius 1 is 0.867 bits per heavy atom. The molecule has 0 aromatic heterocycles. The van der Waals surface area contributed by atoms with Crippen LogP contribution >= 0.6 is 15.8 Å². The van der Waals surface area contributed by atoms with Gasteiger partial charge in [0, 0.05) is 84.6 Å². The first-order valence-electron chi connectivity index (χ1n) is 3.77. The van der Waals surface area contributed by atoms with Crippen LogP contribution in [0.2, 0.25) is 0 Å². The van der Waals surface area contributed by atoms with E-state index in [-0.39, 0.29) is 58.0 Å². The van der Waals surface area contributed by atoms with Gasteiger partial charge in [0.2, 0.25) is 0 Å². The van der Waals surface area contributed by atoms with E-state index in [0.717, 1.165) is 0 Å². The topological polar surface area (TPSA) is 34.1 Å². The van der Waals surface area contributed by atoms with E-state index in [1.807, 2.05) is 0 Å². The van der Waals surface area contributed by atoms with Crippen LogP contribution in [0.25, 0.3) is 0 Å². The fourth-order valence-corrected chi connectivity index (χ4v) is 6.36. The smallest absolute Gasteiger partial charge is 0.154 e. The Morgan fingerprint density at radius 2 is 1.07 bits per heavy atom. The van der Waals surface area contributed by atoms with E-state index < -0.39 is 10.2 Å². The van der Waals surface area contributed by atoms with Crippen LogP contribution in [0.1, 0.15) is 0 Å². The van der Waals surface area contributed by atoms with Crippen molar-refractivity contribution >= 4 is 51.3 Å². The molecule has 0 saturated heterocycles. The largest absolute Gasteiger partial charge is 0.736 e. The molecule has 0 aromatic carbocycles. The molecular weight excluding hydrogens is 632 g/mol. The number of carbonyl (C=O) groups excluding carboxylic acids is 2. The van der Waals surface area contributed by atoms with Crippen LogP contribution in [-0.4, -0.2) is 42.8 Å². The van der Waals surface area contributed by atoms with Crippen LogP contribution < -0.4 is 0 Å². The SMILES string of the molecule is C[PH+](C)C[PH+](C)C.O=C([S-])C(=O)[S-].[Pt].[Pt]. The third-order valence-electron chi connectivity index (χ3n) is 0.874. The molecule has 0 N–H and O–H groups in total. The van der Waals surface area contributed by atoms with E-state index >= 15 is 0 Å². The summed E-state index contributed by atoms with van der Waals surface area (Å²) >= 11 is 7.62. The summed E-state index contributed by atoms with van der Waals surface area (Å²) in [5, 5.41) is -1.96. The van der Waals surface area contributed by atoms with Crippen LogP contribution in [0.4, 0.5) is 0 Å². The van der Waals surface area contributed by atoms with Crippen molar-refractivity contribution in [2.45, 2.75) is 0 Å². The Morgan fingerprint density at radius 3 is 1.07 bits per heavy atom. The van der Waals surface area contributed by atoms with Gasteiger partial charge in [-0.3, -0.25) is 0 Å².